The molecule has 5 heteroatoms. The molecule has 0 fully saturated rings. The van der Waals surface area contributed by atoms with E-state index in [1.54, 1.807) is 31.2 Å². The van der Waals surface area contributed by atoms with Gasteiger partial charge in [0.15, 0.2) is 0 Å². The molecule has 29 heavy (non-hydrogen) atoms. The van der Waals surface area contributed by atoms with Crippen molar-refractivity contribution in [3.63, 3.8) is 0 Å². The lowest BCUT2D eigenvalue weighted by molar-refractivity contribution is 0.0697. The lowest BCUT2D eigenvalue weighted by Crippen LogP contribution is -2.03. The smallest absolute Gasteiger partial charge is 0.335 e. The van der Waals surface area contributed by atoms with Crippen LogP contribution in [0, 0.1) is 0 Å². The molecule has 0 bridgehead atoms. The first kappa shape index (κ1) is 20.1. The molecule has 2 N–H and O–H groups in total. The van der Waals surface area contributed by atoms with Crippen molar-refractivity contribution in [3.05, 3.63) is 101 Å². The van der Waals surface area contributed by atoms with Gasteiger partial charge in [-0.3, -0.25) is 0 Å². The number of oxime groups is 1. The number of aromatic carboxylic acids is 1. The molecular formula is C24H23NO4. The molecule has 0 saturated carbocycles. The second-order valence-electron chi connectivity index (χ2n) is 6.78. The third-order valence-corrected chi connectivity index (χ3v) is 4.75. The van der Waals surface area contributed by atoms with Crippen LogP contribution in [0.15, 0.2) is 78.0 Å². The van der Waals surface area contributed by atoms with E-state index in [0.29, 0.717) is 12.3 Å². The molecule has 0 saturated heterocycles. The minimum Gasteiger partial charge on any atom is -0.489 e. The molecule has 0 unspecified atom stereocenters. The van der Waals surface area contributed by atoms with E-state index in [1.807, 2.05) is 36.4 Å². The Hall–Kier alpha value is -3.60. The Morgan fingerprint density at radius 3 is 2.24 bits per heavy atom. The van der Waals surface area contributed by atoms with Gasteiger partial charge in [0.1, 0.15) is 12.4 Å². The largest absolute Gasteiger partial charge is 0.489 e. The Labute approximate surface area is 169 Å². The van der Waals surface area contributed by atoms with Gasteiger partial charge in [-0.15, -0.1) is 0 Å². The molecular weight excluding hydrogens is 366 g/mol. The number of rotatable bonds is 8. The summed E-state index contributed by atoms with van der Waals surface area (Å²) in [5.41, 5.74) is 4.79. The zero-order valence-electron chi connectivity index (χ0n) is 16.2. The molecule has 3 aromatic carbocycles. The zero-order valence-corrected chi connectivity index (χ0v) is 16.2. The summed E-state index contributed by atoms with van der Waals surface area (Å²) in [5.74, 6) is -0.185. The van der Waals surface area contributed by atoms with Crippen LogP contribution >= 0.6 is 0 Å². The van der Waals surface area contributed by atoms with Crippen LogP contribution in [0.5, 0.6) is 5.75 Å². The summed E-state index contributed by atoms with van der Waals surface area (Å²) in [5, 5.41) is 21.4. The first-order valence-electron chi connectivity index (χ1n) is 9.37. The van der Waals surface area contributed by atoms with Gasteiger partial charge in [0.2, 0.25) is 0 Å². The van der Waals surface area contributed by atoms with E-state index in [1.165, 1.54) is 5.56 Å². The molecule has 148 valence electrons. The highest BCUT2D eigenvalue weighted by Crippen LogP contribution is 2.24. The number of hydrogen-bond donors (Lipinski definition) is 2. The Bertz CT molecular complexity index is 995. The van der Waals surface area contributed by atoms with E-state index in [0.717, 1.165) is 35.3 Å². The molecule has 0 aliphatic heterocycles. The van der Waals surface area contributed by atoms with Gasteiger partial charge in [-0.05, 0) is 72.4 Å². The fraction of sp³-hybridized carbons (Fsp3) is 0.167. The molecule has 3 aromatic rings. The number of carbonyl (C=O) groups is 1. The molecule has 0 amide bonds. The quantitative estimate of drug-likeness (QED) is 0.325. The average molecular weight is 389 g/mol. The predicted molar refractivity (Wildman–Crippen MR) is 112 cm³/mol. The Kier molecular flexibility index (Phi) is 6.63. The van der Waals surface area contributed by atoms with Gasteiger partial charge in [0.25, 0.3) is 0 Å². The Balaban J connectivity index is 1.77. The van der Waals surface area contributed by atoms with E-state index < -0.39 is 5.97 Å². The van der Waals surface area contributed by atoms with Crippen LogP contribution in [-0.4, -0.2) is 22.0 Å². The normalized spacial score (nSPS) is 11.3. The maximum absolute atomic E-state index is 11.0. The van der Waals surface area contributed by atoms with E-state index in [2.05, 4.69) is 17.3 Å². The number of benzene rings is 3. The second kappa shape index (κ2) is 9.55. The van der Waals surface area contributed by atoms with Crippen molar-refractivity contribution in [2.24, 2.45) is 5.16 Å². The van der Waals surface area contributed by atoms with Crippen molar-refractivity contribution in [1.29, 1.82) is 0 Å². The van der Waals surface area contributed by atoms with Crippen molar-refractivity contribution < 1.29 is 19.8 Å². The summed E-state index contributed by atoms with van der Waals surface area (Å²) in [6.45, 7) is 2.09. The number of hydrogen-bond acceptors (Lipinski definition) is 4. The van der Waals surface area contributed by atoms with E-state index >= 15 is 0 Å². The molecule has 0 aromatic heterocycles. The molecule has 0 heterocycles. The van der Waals surface area contributed by atoms with Crippen molar-refractivity contribution >= 4 is 11.7 Å². The fourth-order valence-corrected chi connectivity index (χ4v) is 3.03. The number of carboxylic acids is 1. The third kappa shape index (κ3) is 5.45. The third-order valence-electron chi connectivity index (χ3n) is 4.75. The van der Waals surface area contributed by atoms with Crippen molar-refractivity contribution in [3.8, 4) is 5.75 Å². The van der Waals surface area contributed by atoms with E-state index in [9.17, 15) is 4.79 Å². The topological polar surface area (TPSA) is 79.1 Å². The van der Waals surface area contributed by atoms with Crippen LogP contribution in [0.1, 0.15) is 39.5 Å². The van der Waals surface area contributed by atoms with E-state index in [-0.39, 0.29) is 5.56 Å². The van der Waals surface area contributed by atoms with Gasteiger partial charge in [0.05, 0.1) is 11.3 Å². The Morgan fingerprint density at radius 2 is 1.59 bits per heavy atom. The minimum absolute atomic E-state index is 0.250. The molecule has 0 aliphatic rings. The van der Waals surface area contributed by atoms with Gasteiger partial charge in [0, 0.05) is 0 Å². The second-order valence-corrected chi connectivity index (χ2v) is 6.78. The summed E-state index contributed by atoms with van der Waals surface area (Å²) in [7, 11) is 0. The van der Waals surface area contributed by atoms with Crippen LogP contribution in [0.2, 0.25) is 0 Å². The van der Waals surface area contributed by atoms with Crippen LogP contribution in [0.25, 0.3) is 0 Å². The lowest BCUT2D eigenvalue weighted by atomic mass is 10.00. The maximum atomic E-state index is 11.0. The molecule has 3 rings (SSSR count). The van der Waals surface area contributed by atoms with Gasteiger partial charge < -0.3 is 15.1 Å². The summed E-state index contributed by atoms with van der Waals surface area (Å²) in [6.07, 6.45) is 1.65. The van der Waals surface area contributed by atoms with Crippen molar-refractivity contribution in [1.82, 2.24) is 0 Å². The number of nitrogens with zero attached hydrogens (tertiary/aromatic N) is 1. The molecule has 0 radical (unpaired) electrons. The highest BCUT2D eigenvalue weighted by atomic mass is 16.5. The first-order valence-corrected chi connectivity index (χ1v) is 9.37. The van der Waals surface area contributed by atoms with Crippen molar-refractivity contribution in [2.45, 2.75) is 26.4 Å². The average Bonchev–Trinajstić information content (AvgIpc) is 2.77. The van der Waals surface area contributed by atoms with Gasteiger partial charge >= 0.3 is 5.97 Å². The van der Waals surface area contributed by atoms with E-state index in [4.69, 9.17) is 15.1 Å². The van der Waals surface area contributed by atoms with Gasteiger partial charge in [-0.25, -0.2) is 4.79 Å². The molecule has 5 nitrogen and oxygen atoms in total. The summed E-state index contributed by atoms with van der Waals surface area (Å²) in [6, 6.07) is 22.6. The fourth-order valence-electron chi connectivity index (χ4n) is 3.03. The molecule has 0 atom stereocenters. The highest BCUT2D eigenvalue weighted by molar-refractivity contribution is 5.98. The molecule has 0 aliphatic carbocycles. The predicted octanol–water partition coefficient (Wildman–Crippen LogP) is 4.95. The minimum atomic E-state index is -0.947. The summed E-state index contributed by atoms with van der Waals surface area (Å²) in [4.78, 5) is 11.0. The van der Waals surface area contributed by atoms with Gasteiger partial charge in [-0.1, -0.05) is 47.6 Å². The first-order chi connectivity index (χ1) is 14.1. The SMILES string of the molecule is CC(=NO)c1ccc(OCc2ccc(C(=O)O)cc2)c(CCc2ccccc2)c1. The summed E-state index contributed by atoms with van der Waals surface area (Å²) >= 11 is 0. The van der Waals surface area contributed by atoms with Crippen LogP contribution < -0.4 is 4.74 Å². The maximum Gasteiger partial charge on any atom is 0.335 e. The van der Waals surface area contributed by atoms with Crippen LogP contribution in [-0.2, 0) is 19.4 Å². The van der Waals surface area contributed by atoms with Crippen LogP contribution in [0.3, 0.4) is 0 Å². The van der Waals surface area contributed by atoms with Gasteiger partial charge in [-0.2, -0.15) is 0 Å². The standard InChI is InChI=1S/C24H23NO4/c1-17(25-28)21-13-14-23(22(15-21)12-7-18-5-3-2-4-6-18)29-16-19-8-10-20(11-9-19)24(26)27/h2-6,8-11,13-15,28H,7,12,16H2,1H3,(H,26,27). The number of carboxylic acid groups (broad SMARTS) is 1. The van der Waals surface area contributed by atoms with Crippen molar-refractivity contribution in [2.75, 3.05) is 0 Å². The highest BCUT2D eigenvalue weighted by Gasteiger charge is 2.09. The molecule has 0 spiro atoms. The zero-order chi connectivity index (χ0) is 20.6. The Morgan fingerprint density at radius 1 is 0.897 bits per heavy atom. The van der Waals surface area contributed by atoms with Crippen LogP contribution in [0.4, 0.5) is 0 Å². The number of aryl methyl sites for hydroxylation is 2. The lowest BCUT2D eigenvalue weighted by Gasteiger charge is -2.14. The monoisotopic (exact) mass is 389 g/mol. The summed E-state index contributed by atoms with van der Waals surface area (Å²) < 4.78 is 6.03. The number of ether oxygens (including phenoxy) is 1.